The fraction of sp³-hybridized carbons (Fsp3) is 0.333. The largest absolute Gasteiger partial charge is 0.494 e. The number of hydrogen-bond donors (Lipinski definition) is 2. The van der Waals surface area contributed by atoms with E-state index in [1.807, 2.05) is 19.1 Å². The van der Waals surface area contributed by atoms with Crippen LogP contribution < -0.4 is 15.8 Å². The highest BCUT2D eigenvalue weighted by Gasteiger charge is 2.27. The average molecular weight is 324 g/mol. The summed E-state index contributed by atoms with van der Waals surface area (Å²) < 4.78 is 32.8. The summed E-state index contributed by atoms with van der Waals surface area (Å²) in [5.74, 6) is -3.25. The molecule has 0 aliphatic carbocycles. The summed E-state index contributed by atoms with van der Waals surface area (Å²) in [5.41, 5.74) is 6.59. The van der Waals surface area contributed by atoms with Crippen LogP contribution in [0.15, 0.2) is 30.5 Å². The van der Waals surface area contributed by atoms with Crippen LogP contribution in [0.2, 0.25) is 0 Å². The first-order valence-corrected chi connectivity index (χ1v) is 6.93. The number of carbonyl (C=O) groups is 1. The molecule has 2 aromatic rings. The summed E-state index contributed by atoms with van der Waals surface area (Å²) >= 11 is 0. The molecule has 1 aromatic heterocycles. The van der Waals surface area contributed by atoms with Gasteiger partial charge in [-0.2, -0.15) is 5.10 Å². The quantitative estimate of drug-likeness (QED) is 0.844. The molecule has 23 heavy (non-hydrogen) atoms. The first-order valence-electron chi connectivity index (χ1n) is 6.93. The van der Waals surface area contributed by atoms with Gasteiger partial charge < -0.3 is 15.8 Å². The Hall–Kier alpha value is -2.48. The third-order valence-electron chi connectivity index (χ3n) is 3.21. The van der Waals surface area contributed by atoms with Gasteiger partial charge in [-0.3, -0.25) is 4.79 Å². The molecular weight excluding hydrogens is 306 g/mol. The molecular formula is C15H18F2N4O2. The number of aromatic nitrogens is 2. The molecule has 8 heteroatoms. The summed E-state index contributed by atoms with van der Waals surface area (Å²) in [5, 5.41) is 6.22. The number of carbonyl (C=O) groups excluding carboxylic acids is 1. The lowest BCUT2D eigenvalue weighted by atomic mass is 10.2. The van der Waals surface area contributed by atoms with Gasteiger partial charge in [0.05, 0.1) is 20.2 Å². The topological polar surface area (TPSA) is 82.2 Å². The Balaban J connectivity index is 2.18. The van der Waals surface area contributed by atoms with Gasteiger partial charge in [0, 0.05) is 6.20 Å². The van der Waals surface area contributed by atoms with Crippen molar-refractivity contribution in [3.63, 3.8) is 0 Å². The van der Waals surface area contributed by atoms with Crippen LogP contribution in [0.5, 0.6) is 5.75 Å². The molecule has 6 nitrogen and oxygen atoms in total. The van der Waals surface area contributed by atoms with Crippen molar-refractivity contribution in [2.24, 2.45) is 5.73 Å². The third kappa shape index (κ3) is 4.04. The van der Waals surface area contributed by atoms with Gasteiger partial charge in [0.1, 0.15) is 11.4 Å². The van der Waals surface area contributed by atoms with E-state index in [1.165, 1.54) is 17.9 Å². The maximum absolute atomic E-state index is 13.1. The molecule has 0 spiro atoms. The Morgan fingerprint density at radius 1 is 1.43 bits per heavy atom. The molecule has 0 saturated heterocycles. The number of methoxy groups -OCH3 is 1. The van der Waals surface area contributed by atoms with E-state index in [2.05, 4.69) is 10.4 Å². The van der Waals surface area contributed by atoms with Gasteiger partial charge >= 0.3 is 0 Å². The van der Waals surface area contributed by atoms with E-state index in [0.717, 1.165) is 5.56 Å². The first-order chi connectivity index (χ1) is 10.9. The summed E-state index contributed by atoms with van der Waals surface area (Å²) in [6, 6.07) is 6.95. The second-order valence-corrected chi connectivity index (χ2v) is 5.06. The van der Waals surface area contributed by atoms with Gasteiger partial charge in [-0.05, 0) is 30.7 Å². The number of nitrogens with one attached hydrogen (secondary N) is 1. The molecule has 0 radical (unpaired) electrons. The monoisotopic (exact) mass is 324 g/mol. The number of ether oxygens (including phenoxy) is 1. The second kappa shape index (κ2) is 6.74. The Morgan fingerprint density at radius 2 is 2.17 bits per heavy atom. The predicted molar refractivity (Wildman–Crippen MR) is 81.2 cm³/mol. The average Bonchev–Trinajstić information content (AvgIpc) is 3.02. The molecule has 0 unspecified atom stereocenters. The molecule has 0 aliphatic rings. The van der Waals surface area contributed by atoms with Gasteiger partial charge in [-0.1, -0.05) is 6.07 Å². The number of nitrogens with zero attached hydrogens (tertiary/aromatic N) is 2. The fourth-order valence-electron chi connectivity index (χ4n) is 1.93. The SMILES string of the molecule is COc1ccc(C)cc1-n1ccc(C(=O)NCC(F)(F)CN)n1. The standard InChI is InChI=1S/C15H18F2N4O2/c1-10-3-4-13(23-2)12(7-10)21-6-5-11(20-21)14(22)19-9-15(16,17)8-18/h3-7H,8-9,18H2,1-2H3,(H,19,22). The van der Waals surface area contributed by atoms with Gasteiger partial charge in [-0.25, -0.2) is 13.5 Å². The van der Waals surface area contributed by atoms with E-state index < -0.39 is 24.9 Å². The number of benzene rings is 1. The minimum absolute atomic E-state index is 0.0291. The van der Waals surface area contributed by atoms with Crippen molar-refractivity contribution in [3.05, 3.63) is 41.7 Å². The zero-order valence-electron chi connectivity index (χ0n) is 12.8. The van der Waals surface area contributed by atoms with E-state index >= 15 is 0 Å². The number of halogens is 2. The minimum Gasteiger partial charge on any atom is -0.494 e. The second-order valence-electron chi connectivity index (χ2n) is 5.06. The molecule has 2 rings (SSSR count). The Bertz CT molecular complexity index is 701. The molecule has 0 bridgehead atoms. The smallest absolute Gasteiger partial charge is 0.277 e. The van der Waals surface area contributed by atoms with Crippen LogP contribution in [-0.4, -0.2) is 41.8 Å². The van der Waals surface area contributed by atoms with Gasteiger partial charge in [0.25, 0.3) is 11.8 Å². The van der Waals surface area contributed by atoms with Crippen LogP contribution in [0, 0.1) is 6.92 Å². The van der Waals surface area contributed by atoms with Crippen LogP contribution in [0.25, 0.3) is 5.69 Å². The van der Waals surface area contributed by atoms with Crippen molar-refractivity contribution < 1.29 is 18.3 Å². The van der Waals surface area contributed by atoms with Gasteiger partial charge in [0.15, 0.2) is 5.69 Å². The van der Waals surface area contributed by atoms with E-state index in [-0.39, 0.29) is 5.69 Å². The number of rotatable bonds is 6. The van der Waals surface area contributed by atoms with Crippen LogP contribution >= 0.6 is 0 Å². The number of nitrogens with two attached hydrogens (primary N) is 1. The molecule has 0 atom stereocenters. The molecule has 1 amide bonds. The number of amides is 1. The van der Waals surface area contributed by atoms with Gasteiger partial charge in [0.2, 0.25) is 0 Å². The van der Waals surface area contributed by atoms with E-state index in [9.17, 15) is 13.6 Å². The maximum Gasteiger partial charge on any atom is 0.277 e. The normalized spacial score (nSPS) is 11.3. The zero-order chi connectivity index (χ0) is 17.0. The number of aryl methyl sites for hydroxylation is 1. The zero-order valence-corrected chi connectivity index (χ0v) is 12.8. The predicted octanol–water partition coefficient (Wildman–Crippen LogP) is 1.51. The van der Waals surface area contributed by atoms with Crippen LogP contribution in [0.4, 0.5) is 8.78 Å². The summed E-state index contributed by atoms with van der Waals surface area (Å²) in [6.45, 7) is 0.250. The highest BCUT2D eigenvalue weighted by Crippen LogP contribution is 2.23. The Labute approximate surface area is 132 Å². The molecule has 124 valence electrons. The van der Waals surface area contributed by atoms with Crippen LogP contribution in [0.1, 0.15) is 16.1 Å². The molecule has 0 saturated carbocycles. The van der Waals surface area contributed by atoms with Crippen LogP contribution in [-0.2, 0) is 0 Å². The van der Waals surface area contributed by atoms with E-state index in [4.69, 9.17) is 10.5 Å². The van der Waals surface area contributed by atoms with E-state index in [0.29, 0.717) is 11.4 Å². The van der Waals surface area contributed by atoms with Crippen molar-refractivity contribution in [2.75, 3.05) is 20.2 Å². The van der Waals surface area contributed by atoms with Crippen molar-refractivity contribution in [1.82, 2.24) is 15.1 Å². The minimum atomic E-state index is -3.14. The third-order valence-corrected chi connectivity index (χ3v) is 3.21. The lowest BCUT2D eigenvalue weighted by Crippen LogP contribution is -2.41. The summed E-state index contributed by atoms with van der Waals surface area (Å²) in [6.07, 6.45) is 1.56. The molecule has 0 fully saturated rings. The van der Waals surface area contributed by atoms with Crippen LogP contribution in [0.3, 0.4) is 0 Å². The molecule has 3 N–H and O–H groups in total. The van der Waals surface area contributed by atoms with Crippen molar-refractivity contribution in [1.29, 1.82) is 0 Å². The number of hydrogen-bond acceptors (Lipinski definition) is 4. The number of alkyl halides is 2. The lowest BCUT2D eigenvalue weighted by Gasteiger charge is -2.13. The van der Waals surface area contributed by atoms with Gasteiger partial charge in [-0.15, -0.1) is 0 Å². The van der Waals surface area contributed by atoms with Crippen molar-refractivity contribution >= 4 is 5.91 Å². The highest BCUT2D eigenvalue weighted by molar-refractivity contribution is 5.92. The molecule has 1 heterocycles. The van der Waals surface area contributed by atoms with Crippen molar-refractivity contribution in [2.45, 2.75) is 12.8 Å². The first kappa shape index (κ1) is 16.9. The highest BCUT2D eigenvalue weighted by atomic mass is 19.3. The maximum atomic E-state index is 13.1. The lowest BCUT2D eigenvalue weighted by molar-refractivity contribution is 0.0118. The summed E-state index contributed by atoms with van der Waals surface area (Å²) in [4.78, 5) is 11.9. The van der Waals surface area contributed by atoms with Crippen molar-refractivity contribution in [3.8, 4) is 11.4 Å². The Morgan fingerprint density at radius 3 is 2.83 bits per heavy atom. The Kier molecular flexibility index (Phi) is 4.95. The summed E-state index contributed by atoms with van der Waals surface area (Å²) in [7, 11) is 1.53. The molecule has 0 aliphatic heterocycles. The van der Waals surface area contributed by atoms with E-state index in [1.54, 1.807) is 12.3 Å². The fourth-order valence-corrected chi connectivity index (χ4v) is 1.93. The molecule has 1 aromatic carbocycles.